The first-order chi connectivity index (χ1) is 14.6. The second kappa shape index (κ2) is 8.76. The highest BCUT2D eigenvalue weighted by Gasteiger charge is 2.49. The van der Waals surface area contributed by atoms with Gasteiger partial charge in [0.25, 0.3) is 11.8 Å². The van der Waals surface area contributed by atoms with Crippen LogP contribution in [0, 0.1) is 0 Å². The zero-order chi connectivity index (χ0) is 22.8. The number of ether oxygens (including phenoxy) is 1. The number of benzene rings is 1. The van der Waals surface area contributed by atoms with E-state index in [9.17, 15) is 24.3 Å². The Hall–Kier alpha value is -3.40. The molecule has 0 spiro atoms. The summed E-state index contributed by atoms with van der Waals surface area (Å²) < 4.78 is 5.15. The van der Waals surface area contributed by atoms with Crippen molar-refractivity contribution in [3.05, 3.63) is 47.2 Å². The van der Waals surface area contributed by atoms with Gasteiger partial charge in [-0.2, -0.15) is 0 Å². The van der Waals surface area contributed by atoms with Gasteiger partial charge in [-0.25, -0.2) is 19.6 Å². The topological polar surface area (TPSA) is 128 Å². The third-order valence-corrected chi connectivity index (χ3v) is 4.73. The van der Waals surface area contributed by atoms with Crippen molar-refractivity contribution >= 4 is 23.9 Å². The van der Waals surface area contributed by atoms with E-state index in [1.807, 2.05) is 30.3 Å². The van der Waals surface area contributed by atoms with Crippen molar-refractivity contribution in [2.24, 2.45) is 0 Å². The van der Waals surface area contributed by atoms with Crippen LogP contribution < -0.4 is 10.6 Å². The maximum Gasteiger partial charge on any atom is 0.408 e. The number of aliphatic carboxylic acids is 1. The quantitative estimate of drug-likeness (QED) is 0.604. The molecule has 2 heterocycles. The van der Waals surface area contributed by atoms with Crippen LogP contribution in [0.1, 0.15) is 26.3 Å². The van der Waals surface area contributed by atoms with Crippen LogP contribution in [0.25, 0.3) is 0 Å². The van der Waals surface area contributed by atoms with Crippen LogP contribution in [0.2, 0.25) is 0 Å². The third-order valence-electron chi connectivity index (χ3n) is 4.73. The molecule has 31 heavy (non-hydrogen) atoms. The summed E-state index contributed by atoms with van der Waals surface area (Å²) in [6.45, 7) is 5.40. The predicted molar refractivity (Wildman–Crippen MR) is 109 cm³/mol. The zero-order valence-corrected chi connectivity index (χ0v) is 17.7. The number of hydrogen-bond donors (Lipinski definition) is 3. The first-order valence-electron chi connectivity index (χ1n) is 9.93. The highest BCUT2D eigenvalue weighted by Crippen LogP contribution is 2.29. The number of rotatable bonds is 6. The SMILES string of the molecule is CC(C)(C)OC(=O)N[C@H]1CN2CC(C(=O)NCCc3ccccc3)=C(C(=O)O)N2C1=O. The molecule has 1 saturated heterocycles. The minimum Gasteiger partial charge on any atom is -0.477 e. The second-order valence-electron chi connectivity index (χ2n) is 8.32. The Morgan fingerprint density at radius 2 is 1.87 bits per heavy atom. The van der Waals surface area contributed by atoms with Crippen molar-refractivity contribution in [2.45, 2.75) is 38.8 Å². The second-order valence-corrected chi connectivity index (χ2v) is 8.32. The number of carboxylic acid groups (broad SMARTS) is 1. The molecule has 3 rings (SSSR count). The van der Waals surface area contributed by atoms with Crippen molar-refractivity contribution in [2.75, 3.05) is 19.6 Å². The molecule has 0 saturated carbocycles. The molecule has 3 amide bonds. The van der Waals surface area contributed by atoms with Crippen molar-refractivity contribution in [1.29, 1.82) is 0 Å². The molecule has 0 unspecified atom stereocenters. The van der Waals surface area contributed by atoms with Crippen molar-refractivity contribution in [1.82, 2.24) is 20.7 Å². The van der Waals surface area contributed by atoms with Gasteiger partial charge >= 0.3 is 12.1 Å². The molecule has 10 heteroatoms. The maximum atomic E-state index is 12.8. The van der Waals surface area contributed by atoms with Crippen LogP contribution in [0.4, 0.5) is 4.79 Å². The molecule has 166 valence electrons. The predicted octanol–water partition coefficient (Wildman–Crippen LogP) is 0.650. The molecule has 0 aliphatic carbocycles. The van der Waals surface area contributed by atoms with E-state index >= 15 is 0 Å². The highest BCUT2D eigenvalue weighted by molar-refractivity contribution is 6.06. The summed E-state index contributed by atoms with van der Waals surface area (Å²) in [5.74, 6) is -2.55. The maximum absolute atomic E-state index is 12.8. The van der Waals surface area contributed by atoms with Crippen LogP contribution in [-0.4, -0.2) is 70.3 Å². The fourth-order valence-electron chi connectivity index (χ4n) is 3.46. The van der Waals surface area contributed by atoms with Crippen LogP contribution in [0.3, 0.4) is 0 Å². The van der Waals surface area contributed by atoms with Crippen molar-refractivity contribution in [3.8, 4) is 0 Å². The number of fused-ring (bicyclic) bond motifs is 1. The smallest absolute Gasteiger partial charge is 0.408 e. The summed E-state index contributed by atoms with van der Waals surface area (Å²) in [6, 6.07) is 8.59. The third kappa shape index (κ3) is 5.21. The molecule has 1 atom stereocenters. The van der Waals surface area contributed by atoms with Gasteiger partial charge < -0.3 is 20.5 Å². The molecular weight excluding hydrogens is 404 g/mol. The van der Waals surface area contributed by atoms with E-state index in [0.29, 0.717) is 13.0 Å². The fourth-order valence-corrected chi connectivity index (χ4v) is 3.46. The van der Waals surface area contributed by atoms with Gasteiger partial charge in [0, 0.05) is 13.1 Å². The Labute approximate surface area is 179 Å². The molecule has 3 N–H and O–H groups in total. The number of hydrogen-bond acceptors (Lipinski definition) is 6. The number of hydrazine groups is 1. The van der Waals surface area contributed by atoms with Gasteiger partial charge in [0.1, 0.15) is 11.6 Å². The molecule has 0 aromatic heterocycles. The van der Waals surface area contributed by atoms with Crippen molar-refractivity contribution < 1.29 is 29.0 Å². The molecule has 1 aromatic carbocycles. The molecule has 0 radical (unpaired) electrons. The first kappa shape index (κ1) is 22.3. The van der Waals surface area contributed by atoms with E-state index < -0.39 is 41.2 Å². The number of alkyl carbamates (subject to hydrolysis) is 1. The van der Waals surface area contributed by atoms with E-state index in [2.05, 4.69) is 10.6 Å². The van der Waals surface area contributed by atoms with E-state index in [0.717, 1.165) is 10.6 Å². The Kier molecular flexibility index (Phi) is 6.30. The molecule has 0 bridgehead atoms. The van der Waals surface area contributed by atoms with E-state index in [-0.39, 0.29) is 18.7 Å². The lowest BCUT2D eigenvalue weighted by molar-refractivity contribution is -0.143. The van der Waals surface area contributed by atoms with Gasteiger partial charge in [-0.1, -0.05) is 30.3 Å². The van der Waals surface area contributed by atoms with Gasteiger partial charge in [-0.15, -0.1) is 0 Å². The summed E-state index contributed by atoms with van der Waals surface area (Å²) >= 11 is 0. The monoisotopic (exact) mass is 430 g/mol. The van der Waals surface area contributed by atoms with Gasteiger partial charge in [0.2, 0.25) is 0 Å². The molecular formula is C21H26N4O6. The number of amides is 3. The normalized spacial score (nSPS) is 18.7. The standard InChI is InChI=1S/C21H26N4O6/c1-21(2,3)31-20(30)23-15-12-24-11-14(16(19(28)29)25(24)18(15)27)17(26)22-10-9-13-7-5-4-6-8-13/h4-8,15H,9-12H2,1-3H3,(H,22,26)(H,23,30)(H,28,29)/t15-/m0/s1. The summed E-state index contributed by atoms with van der Waals surface area (Å²) in [4.78, 5) is 49.2. The molecule has 2 aliphatic rings. The molecule has 10 nitrogen and oxygen atoms in total. The van der Waals surface area contributed by atoms with Gasteiger partial charge in [0.15, 0.2) is 5.70 Å². The number of carbonyl (C=O) groups is 4. The van der Waals surface area contributed by atoms with E-state index in [1.54, 1.807) is 20.8 Å². The Balaban J connectivity index is 1.66. The highest BCUT2D eigenvalue weighted by atomic mass is 16.6. The van der Waals surface area contributed by atoms with E-state index in [1.165, 1.54) is 5.01 Å². The molecule has 1 fully saturated rings. The van der Waals surface area contributed by atoms with Crippen LogP contribution in [-0.2, 0) is 25.5 Å². The summed E-state index contributed by atoms with van der Waals surface area (Å²) in [5.41, 5.74) is -0.0862. The van der Waals surface area contributed by atoms with Crippen LogP contribution >= 0.6 is 0 Å². The largest absolute Gasteiger partial charge is 0.477 e. The van der Waals surface area contributed by atoms with Crippen molar-refractivity contribution in [3.63, 3.8) is 0 Å². The summed E-state index contributed by atoms with van der Waals surface area (Å²) in [5, 5.41) is 17.2. The van der Waals surface area contributed by atoms with Gasteiger partial charge in [-0.05, 0) is 32.8 Å². The Morgan fingerprint density at radius 3 is 2.48 bits per heavy atom. The Bertz CT molecular complexity index is 922. The lowest BCUT2D eigenvalue weighted by Crippen LogP contribution is -2.45. The lowest BCUT2D eigenvalue weighted by atomic mass is 10.1. The average Bonchev–Trinajstić information content (AvgIpc) is 3.18. The number of nitrogens with one attached hydrogen (secondary N) is 2. The Morgan fingerprint density at radius 1 is 1.19 bits per heavy atom. The number of nitrogens with zero attached hydrogens (tertiary/aromatic N) is 2. The fraction of sp³-hybridized carbons (Fsp3) is 0.429. The molecule has 1 aromatic rings. The molecule has 2 aliphatic heterocycles. The van der Waals surface area contributed by atoms with Gasteiger partial charge in [0.05, 0.1) is 12.1 Å². The lowest BCUT2D eigenvalue weighted by Gasteiger charge is -2.21. The zero-order valence-electron chi connectivity index (χ0n) is 17.7. The first-order valence-corrected chi connectivity index (χ1v) is 9.93. The number of carboxylic acids is 1. The minimum absolute atomic E-state index is 0.00429. The summed E-state index contributed by atoms with van der Waals surface area (Å²) in [6.07, 6.45) is -0.177. The average molecular weight is 430 g/mol. The van der Waals surface area contributed by atoms with Crippen LogP contribution in [0.15, 0.2) is 41.6 Å². The summed E-state index contributed by atoms with van der Waals surface area (Å²) in [7, 11) is 0. The minimum atomic E-state index is -1.39. The van der Waals surface area contributed by atoms with Gasteiger partial charge in [-0.3, -0.25) is 9.59 Å². The van der Waals surface area contributed by atoms with Crippen LogP contribution in [0.5, 0.6) is 0 Å². The van der Waals surface area contributed by atoms with E-state index in [4.69, 9.17) is 4.74 Å². The number of carbonyl (C=O) groups excluding carboxylic acids is 3.